The summed E-state index contributed by atoms with van der Waals surface area (Å²) >= 11 is 9.42. The van der Waals surface area contributed by atoms with E-state index in [4.69, 9.17) is 11.6 Å². The lowest BCUT2D eigenvalue weighted by Crippen LogP contribution is -2.00. The number of hydrogen-bond acceptors (Lipinski definition) is 1. The summed E-state index contributed by atoms with van der Waals surface area (Å²) in [6.45, 7) is 0. The molecule has 0 bridgehead atoms. The number of pyridine rings is 1. The fraction of sp³-hybridized carbons (Fsp3) is 0.154. The molecule has 0 saturated heterocycles. The van der Waals surface area contributed by atoms with Gasteiger partial charge in [-0.25, -0.2) is 4.39 Å². The van der Waals surface area contributed by atoms with Gasteiger partial charge in [0.2, 0.25) is 0 Å². The monoisotopic (exact) mass is 313 g/mol. The van der Waals surface area contributed by atoms with Crippen LogP contribution in [0.4, 0.5) is 4.39 Å². The Morgan fingerprint density at radius 3 is 2.76 bits per heavy atom. The largest absolute Gasteiger partial charge is 0.261 e. The lowest BCUT2D eigenvalue weighted by Gasteiger charge is -2.10. The van der Waals surface area contributed by atoms with Gasteiger partial charge in [-0.3, -0.25) is 4.98 Å². The average molecular weight is 315 g/mol. The van der Waals surface area contributed by atoms with Crippen molar-refractivity contribution in [1.29, 1.82) is 0 Å². The molecule has 0 N–H and O–H groups in total. The molecule has 0 aliphatic carbocycles. The number of benzene rings is 1. The molecule has 1 nitrogen and oxygen atoms in total. The first kappa shape index (κ1) is 12.5. The molecular weight excluding hydrogens is 305 g/mol. The molecule has 1 unspecified atom stereocenters. The summed E-state index contributed by atoms with van der Waals surface area (Å²) in [4.78, 5) is 4.18. The lowest BCUT2D eigenvalue weighted by atomic mass is 10.1. The Labute approximate surface area is 113 Å². The molecule has 0 fully saturated rings. The van der Waals surface area contributed by atoms with Gasteiger partial charge in [0.1, 0.15) is 5.82 Å². The van der Waals surface area contributed by atoms with Crippen LogP contribution in [0.5, 0.6) is 0 Å². The second kappa shape index (κ2) is 5.61. The van der Waals surface area contributed by atoms with Crippen LogP contribution in [0.3, 0.4) is 0 Å². The highest BCUT2D eigenvalue weighted by atomic mass is 79.9. The Hall–Kier alpha value is -0.930. The fourth-order valence-corrected chi connectivity index (χ4v) is 2.24. The van der Waals surface area contributed by atoms with Crippen LogP contribution in [0.2, 0.25) is 0 Å². The molecule has 2 rings (SSSR count). The van der Waals surface area contributed by atoms with Crippen molar-refractivity contribution in [2.45, 2.75) is 11.8 Å². The zero-order valence-electron chi connectivity index (χ0n) is 8.91. The van der Waals surface area contributed by atoms with Crippen LogP contribution in [0.15, 0.2) is 47.1 Å². The van der Waals surface area contributed by atoms with Gasteiger partial charge in [0, 0.05) is 28.3 Å². The number of halogens is 3. The molecule has 1 heterocycles. The van der Waals surface area contributed by atoms with E-state index in [-0.39, 0.29) is 5.82 Å². The first-order valence-electron chi connectivity index (χ1n) is 5.16. The second-order valence-electron chi connectivity index (χ2n) is 3.66. The highest BCUT2D eigenvalue weighted by Gasteiger charge is 2.14. The van der Waals surface area contributed by atoms with Crippen LogP contribution >= 0.6 is 27.5 Å². The Kier molecular flexibility index (Phi) is 4.13. The second-order valence-corrected chi connectivity index (χ2v) is 5.10. The van der Waals surface area contributed by atoms with Crippen LogP contribution in [-0.2, 0) is 6.42 Å². The molecule has 2 aromatic rings. The molecule has 17 heavy (non-hydrogen) atoms. The molecular formula is C13H10BrClFN. The Bertz CT molecular complexity index is 504. The summed E-state index contributed by atoms with van der Waals surface area (Å²) < 4.78 is 14.4. The molecule has 0 aliphatic rings. The summed E-state index contributed by atoms with van der Waals surface area (Å²) in [5.74, 6) is -0.296. The summed E-state index contributed by atoms with van der Waals surface area (Å²) in [6, 6.07) is 10.5. The third kappa shape index (κ3) is 3.27. The predicted octanol–water partition coefficient (Wildman–Crippen LogP) is 4.51. The predicted molar refractivity (Wildman–Crippen MR) is 70.6 cm³/mol. The van der Waals surface area contributed by atoms with Crippen molar-refractivity contribution in [1.82, 2.24) is 4.98 Å². The van der Waals surface area contributed by atoms with E-state index in [0.29, 0.717) is 16.5 Å². The third-order valence-corrected chi connectivity index (χ3v) is 3.30. The van der Waals surface area contributed by atoms with Crippen LogP contribution < -0.4 is 0 Å². The van der Waals surface area contributed by atoms with Gasteiger partial charge in [0.25, 0.3) is 0 Å². The summed E-state index contributed by atoms with van der Waals surface area (Å²) in [5, 5.41) is -0.405. The van der Waals surface area contributed by atoms with Gasteiger partial charge >= 0.3 is 0 Å². The van der Waals surface area contributed by atoms with Gasteiger partial charge in [-0.15, -0.1) is 11.6 Å². The molecule has 0 aliphatic heterocycles. The van der Waals surface area contributed by atoms with Crippen molar-refractivity contribution in [3.05, 3.63) is 64.1 Å². The summed E-state index contributed by atoms with van der Waals surface area (Å²) in [6.07, 6.45) is 2.22. The minimum Gasteiger partial charge on any atom is -0.261 e. The quantitative estimate of drug-likeness (QED) is 0.760. The Balaban J connectivity index is 2.17. The van der Waals surface area contributed by atoms with Crippen molar-refractivity contribution in [3.63, 3.8) is 0 Å². The van der Waals surface area contributed by atoms with Crippen LogP contribution in [0.25, 0.3) is 0 Å². The fourth-order valence-electron chi connectivity index (χ4n) is 1.57. The number of aromatic nitrogens is 1. The molecule has 0 radical (unpaired) electrons. The van der Waals surface area contributed by atoms with Crippen molar-refractivity contribution in [2.24, 2.45) is 0 Å². The van der Waals surface area contributed by atoms with E-state index < -0.39 is 5.38 Å². The maximum Gasteiger partial charge on any atom is 0.129 e. The minimum atomic E-state index is -0.405. The molecule has 0 spiro atoms. The third-order valence-electron chi connectivity index (χ3n) is 2.41. The van der Waals surface area contributed by atoms with Crippen molar-refractivity contribution in [2.75, 3.05) is 0 Å². The van der Waals surface area contributed by atoms with E-state index in [2.05, 4.69) is 20.9 Å². The molecule has 1 atom stereocenters. The number of hydrogen-bond donors (Lipinski definition) is 0. The van der Waals surface area contributed by atoms with E-state index in [9.17, 15) is 4.39 Å². The van der Waals surface area contributed by atoms with Crippen molar-refractivity contribution < 1.29 is 4.39 Å². The molecule has 4 heteroatoms. The van der Waals surface area contributed by atoms with E-state index >= 15 is 0 Å². The van der Waals surface area contributed by atoms with E-state index in [0.717, 1.165) is 5.69 Å². The standard InChI is InChI=1S/C13H10BrClFN/c14-9-4-5-11(13(16)7-9)12(15)8-10-3-1-2-6-17-10/h1-7,12H,8H2. The van der Waals surface area contributed by atoms with Gasteiger partial charge in [0.15, 0.2) is 0 Å². The molecule has 1 aromatic heterocycles. The van der Waals surface area contributed by atoms with E-state index in [1.807, 2.05) is 18.2 Å². The lowest BCUT2D eigenvalue weighted by molar-refractivity contribution is 0.604. The van der Waals surface area contributed by atoms with Gasteiger partial charge in [-0.05, 0) is 24.3 Å². The summed E-state index contributed by atoms with van der Waals surface area (Å²) in [7, 11) is 0. The first-order valence-corrected chi connectivity index (χ1v) is 6.38. The van der Waals surface area contributed by atoms with Crippen molar-refractivity contribution >= 4 is 27.5 Å². The van der Waals surface area contributed by atoms with Crippen molar-refractivity contribution in [3.8, 4) is 0 Å². The minimum absolute atomic E-state index is 0.296. The molecule has 88 valence electrons. The topological polar surface area (TPSA) is 12.9 Å². The molecule has 1 aromatic carbocycles. The number of nitrogens with zero attached hydrogens (tertiary/aromatic N) is 1. The highest BCUT2D eigenvalue weighted by Crippen LogP contribution is 2.28. The van der Waals surface area contributed by atoms with Crippen LogP contribution in [-0.4, -0.2) is 4.98 Å². The van der Waals surface area contributed by atoms with E-state index in [1.165, 1.54) is 6.07 Å². The number of rotatable bonds is 3. The van der Waals surface area contributed by atoms with Gasteiger partial charge < -0.3 is 0 Å². The zero-order valence-corrected chi connectivity index (χ0v) is 11.2. The van der Waals surface area contributed by atoms with Gasteiger partial charge in [0.05, 0.1) is 5.38 Å². The maximum atomic E-state index is 13.7. The Morgan fingerprint density at radius 2 is 2.12 bits per heavy atom. The van der Waals surface area contributed by atoms with Crippen LogP contribution in [0, 0.1) is 5.82 Å². The Morgan fingerprint density at radius 1 is 1.29 bits per heavy atom. The smallest absolute Gasteiger partial charge is 0.129 e. The van der Waals surface area contributed by atoms with Crippen LogP contribution in [0.1, 0.15) is 16.6 Å². The summed E-state index contributed by atoms with van der Waals surface area (Å²) in [5.41, 5.74) is 1.36. The molecule has 0 saturated carbocycles. The normalized spacial score (nSPS) is 12.4. The SMILES string of the molecule is Fc1cc(Br)ccc1C(Cl)Cc1ccccn1. The van der Waals surface area contributed by atoms with Gasteiger partial charge in [-0.2, -0.15) is 0 Å². The maximum absolute atomic E-state index is 13.7. The highest BCUT2D eigenvalue weighted by molar-refractivity contribution is 9.10. The molecule has 0 amide bonds. The zero-order chi connectivity index (χ0) is 12.3. The van der Waals surface area contributed by atoms with Gasteiger partial charge in [-0.1, -0.05) is 28.1 Å². The average Bonchev–Trinajstić information content (AvgIpc) is 2.30. The first-order chi connectivity index (χ1) is 8.16. The van der Waals surface area contributed by atoms with E-state index in [1.54, 1.807) is 18.3 Å². The number of alkyl halides is 1.